The van der Waals surface area contributed by atoms with Crippen molar-refractivity contribution in [2.45, 2.75) is 19.8 Å². The molecule has 1 aliphatic rings. The first-order valence-corrected chi connectivity index (χ1v) is 10.2. The number of hydrogen-bond acceptors (Lipinski definition) is 5. The first-order valence-electron chi connectivity index (χ1n) is 10.2. The van der Waals surface area contributed by atoms with E-state index in [1.54, 1.807) is 0 Å². The van der Waals surface area contributed by atoms with Crippen LogP contribution in [0.25, 0.3) is 11.1 Å². The maximum absolute atomic E-state index is 11.9. The number of hydrogen-bond donors (Lipinski definition) is 2. The zero-order valence-electron chi connectivity index (χ0n) is 17.1. The Bertz CT molecular complexity index is 810. The minimum Gasteiger partial charge on any atom is -0.465 e. The van der Waals surface area contributed by atoms with E-state index < -0.39 is 0 Å². The molecule has 154 valence electrons. The van der Waals surface area contributed by atoms with Crippen LogP contribution in [0.5, 0.6) is 0 Å². The van der Waals surface area contributed by atoms with E-state index in [1.165, 1.54) is 5.69 Å². The second-order valence-corrected chi connectivity index (χ2v) is 7.38. The van der Waals surface area contributed by atoms with E-state index in [2.05, 4.69) is 41.0 Å². The highest BCUT2D eigenvalue weighted by Crippen LogP contribution is 2.24. The Labute approximate surface area is 172 Å². The molecule has 0 spiro atoms. The molecule has 1 heterocycles. The molecule has 2 aromatic rings. The molecule has 0 aliphatic carbocycles. The summed E-state index contributed by atoms with van der Waals surface area (Å²) in [6, 6.07) is 16.3. The van der Waals surface area contributed by atoms with Crippen molar-refractivity contribution in [3.63, 3.8) is 0 Å². The topological polar surface area (TPSA) is 82.7 Å². The van der Waals surface area contributed by atoms with Crippen molar-refractivity contribution in [1.29, 1.82) is 5.41 Å². The van der Waals surface area contributed by atoms with Crippen molar-refractivity contribution in [2.24, 2.45) is 5.73 Å². The normalized spacial score (nSPS) is 14.6. The summed E-state index contributed by atoms with van der Waals surface area (Å²) in [5.41, 5.74) is 9.69. The first-order chi connectivity index (χ1) is 14.1. The number of benzene rings is 2. The lowest BCUT2D eigenvalue weighted by Gasteiger charge is -2.35. The van der Waals surface area contributed by atoms with Crippen molar-refractivity contribution in [3.05, 3.63) is 54.1 Å². The standard InChI is InChI=1S/C23H30N4O2/c1-2-3-16-29-22(28)17-26-12-14-27(15-13-26)21-10-8-19(9-11-21)18-4-6-20(7-5-18)23(24)25/h4-11H,2-3,12-17H2,1H3,(H3,24,25). The van der Waals surface area contributed by atoms with Crippen LogP contribution in [0.3, 0.4) is 0 Å². The third-order valence-corrected chi connectivity index (χ3v) is 5.25. The SMILES string of the molecule is CCCCOC(=O)CN1CCN(c2ccc(-c3ccc(C(=N)N)cc3)cc2)CC1. The zero-order valence-corrected chi connectivity index (χ0v) is 17.1. The summed E-state index contributed by atoms with van der Waals surface area (Å²) in [7, 11) is 0. The number of nitrogens with two attached hydrogens (primary N) is 1. The minimum atomic E-state index is -0.118. The molecule has 6 heteroatoms. The number of carbonyl (C=O) groups excluding carboxylic acids is 1. The Morgan fingerprint density at radius 2 is 1.59 bits per heavy atom. The van der Waals surface area contributed by atoms with Crippen LogP contribution in [-0.4, -0.2) is 56.0 Å². The van der Waals surface area contributed by atoms with Gasteiger partial charge in [-0.1, -0.05) is 49.7 Å². The molecule has 3 rings (SSSR count). The molecule has 0 radical (unpaired) electrons. The van der Waals surface area contributed by atoms with Crippen LogP contribution in [-0.2, 0) is 9.53 Å². The van der Waals surface area contributed by atoms with Gasteiger partial charge in [0.25, 0.3) is 0 Å². The van der Waals surface area contributed by atoms with Gasteiger partial charge in [0, 0.05) is 37.4 Å². The van der Waals surface area contributed by atoms with Gasteiger partial charge in [0.2, 0.25) is 0 Å². The summed E-state index contributed by atoms with van der Waals surface area (Å²) in [5, 5.41) is 7.48. The smallest absolute Gasteiger partial charge is 0.320 e. The number of esters is 1. The van der Waals surface area contributed by atoms with Crippen LogP contribution in [0.1, 0.15) is 25.3 Å². The van der Waals surface area contributed by atoms with Crippen LogP contribution in [0.4, 0.5) is 5.69 Å². The number of nitrogens with one attached hydrogen (secondary N) is 1. The second kappa shape index (κ2) is 10.1. The number of amidine groups is 1. The van der Waals surface area contributed by atoms with Crippen LogP contribution in [0, 0.1) is 5.41 Å². The molecule has 0 saturated carbocycles. The summed E-state index contributed by atoms with van der Waals surface area (Å²) >= 11 is 0. The molecule has 2 aromatic carbocycles. The molecular weight excluding hydrogens is 364 g/mol. The van der Waals surface area contributed by atoms with Gasteiger partial charge in [-0.2, -0.15) is 0 Å². The monoisotopic (exact) mass is 394 g/mol. The molecule has 0 unspecified atom stereocenters. The lowest BCUT2D eigenvalue weighted by atomic mass is 10.0. The predicted octanol–water partition coefficient (Wildman–Crippen LogP) is 3.10. The number of ether oxygens (including phenoxy) is 1. The van der Waals surface area contributed by atoms with Gasteiger partial charge in [-0.25, -0.2) is 0 Å². The van der Waals surface area contributed by atoms with E-state index in [-0.39, 0.29) is 11.8 Å². The molecule has 0 amide bonds. The van der Waals surface area contributed by atoms with Gasteiger partial charge in [0.1, 0.15) is 5.84 Å². The van der Waals surface area contributed by atoms with E-state index in [0.717, 1.165) is 55.7 Å². The fraction of sp³-hybridized carbons (Fsp3) is 0.391. The van der Waals surface area contributed by atoms with E-state index >= 15 is 0 Å². The lowest BCUT2D eigenvalue weighted by molar-refractivity contribution is -0.145. The van der Waals surface area contributed by atoms with Crippen LogP contribution < -0.4 is 10.6 Å². The Kier molecular flexibility index (Phi) is 7.25. The lowest BCUT2D eigenvalue weighted by Crippen LogP contribution is -2.48. The summed E-state index contributed by atoms with van der Waals surface area (Å²) in [6.45, 7) is 6.51. The summed E-state index contributed by atoms with van der Waals surface area (Å²) < 4.78 is 5.26. The molecule has 3 N–H and O–H groups in total. The first kappa shape index (κ1) is 20.9. The van der Waals surface area contributed by atoms with Crippen LogP contribution in [0.2, 0.25) is 0 Å². The van der Waals surface area contributed by atoms with Crippen LogP contribution >= 0.6 is 0 Å². The van der Waals surface area contributed by atoms with E-state index in [1.807, 2.05) is 24.3 Å². The van der Waals surface area contributed by atoms with Crippen molar-refractivity contribution in [2.75, 3.05) is 44.2 Å². The number of nitrogens with zero attached hydrogens (tertiary/aromatic N) is 2. The number of unbranched alkanes of at least 4 members (excludes halogenated alkanes) is 1. The van der Waals surface area contributed by atoms with Crippen LogP contribution in [0.15, 0.2) is 48.5 Å². The second-order valence-electron chi connectivity index (χ2n) is 7.38. The Morgan fingerprint density at radius 3 is 2.14 bits per heavy atom. The molecule has 1 fully saturated rings. The molecule has 29 heavy (non-hydrogen) atoms. The van der Waals surface area contributed by atoms with E-state index in [4.69, 9.17) is 15.9 Å². The maximum atomic E-state index is 11.9. The number of piperazine rings is 1. The third-order valence-electron chi connectivity index (χ3n) is 5.25. The molecule has 6 nitrogen and oxygen atoms in total. The van der Waals surface area contributed by atoms with Crippen molar-refractivity contribution < 1.29 is 9.53 Å². The van der Waals surface area contributed by atoms with Gasteiger partial charge in [-0.3, -0.25) is 15.1 Å². The van der Waals surface area contributed by atoms with E-state index in [9.17, 15) is 4.79 Å². The average molecular weight is 395 g/mol. The predicted molar refractivity (Wildman–Crippen MR) is 117 cm³/mol. The molecule has 0 bridgehead atoms. The molecule has 1 saturated heterocycles. The zero-order chi connectivity index (χ0) is 20.6. The molecule has 1 aliphatic heterocycles. The average Bonchev–Trinajstić information content (AvgIpc) is 2.75. The molecule has 0 aromatic heterocycles. The van der Waals surface area contributed by atoms with Crippen molar-refractivity contribution in [3.8, 4) is 11.1 Å². The fourth-order valence-corrected chi connectivity index (χ4v) is 3.43. The third kappa shape index (κ3) is 5.81. The van der Waals surface area contributed by atoms with Gasteiger partial charge < -0.3 is 15.4 Å². The van der Waals surface area contributed by atoms with Gasteiger partial charge in [-0.05, 0) is 29.7 Å². The molecule has 0 atom stereocenters. The Balaban J connectivity index is 1.51. The van der Waals surface area contributed by atoms with Gasteiger partial charge >= 0.3 is 5.97 Å². The Morgan fingerprint density at radius 1 is 1.00 bits per heavy atom. The van der Waals surface area contributed by atoms with Crippen molar-refractivity contribution >= 4 is 17.5 Å². The van der Waals surface area contributed by atoms with Gasteiger partial charge in [0.15, 0.2) is 0 Å². The Hall–Kier alpha value is -2.86. The quantitative estimate of drug-likeness (QED) is 0.311. The van der Waals surface area contributed by atoms with Gasteiger partial charge in [0.05, 0.1) is 13.2 Å². The number of rotatable bonds is 8. The molecular formula is C23H30N4O2. The van der Waals surface area contributed by atoms with E-state index in [0.29, 0.717) is 13.2 Å². The number of anilines is 1. The fourth-order valence-electron chi connectivity index (χ4n) is 3.43. The number of carbonyl (C=O) groups is 1. The highest BCUT2D eigenvalue weighted by molar-refractivity contribution is 5.95. The highest BCUT2D eigenvalue weighted by Gasteiger charge is 2.19. The maximum Gasteiger partial charge on any atom is 0.320 e. The summed E-state index contributed by atoms with van der Waals surface area (Å²) in [5.74, 6) is -0.0349. The number of nitrogen functional groups attached to an aromatic ring is 1. The summed E-state index contributed by atoms with van der Waals surface area (Å²) in [6.07, 6.45) is 1.96. The van der Waals surface area contributed by atoms with Crippen molar-refractivity contribution in [1.82, 2.24) is 4.90 Å². The summed E-state index contributed by atoms with van der Waals surface area (Å²) in [4.78, 5) is 16.4. The minimum absolute atomic E-state index is 0.0836. The van der Waals surface area contributed by atoms with Gasteiger partial charge in [-0.15, -0.1) is 0 Å². The highest BCUT2D eigenvalue weighted by atomic mass is 16.5. The largest absolute Gasteiger partial charge is 0.465 e.